The van der Waals surface area contributed by atoms with E-state index in [9.17, 15) is 0 Å². The average Bonchev–Trinajstić information content (AvgIpc) is 3.10. The third-order valence-corrected chi connectivity index (χ3v) is 5.03. The fraction of sp³-hybridized carbons (Fsp3) is 0.650. The number of nitrogens with one attached hydrogen (secondary N) is 2. The summed E-state index contributed by atoms with van der Waals surface area (Å²) in [6.07, 6.45) is 2.19. The van der Waals surface area contributed by atoms with Gasteiger partial charge in [0.2, 0.25) is 0 Å². The Labute approximate surface area is 163 Å². The molecule has 0 saturated carbocycles. The van der Waals surface area contributed by atoms with Crippen LogP contribution in [-0.2, 0) is 4.74 Å². The molecule has 7 heteroatoms. The minimum atomic E-state index is -0.109. The Kier molecular flexibility index (Phi) is 7.74. The first-order valence-electron chi connectivity index (χ1n) is 9.39. The molecule has 2 N–H and O–H groups in total. The van der Waals surface area contributed by atoms with Crippen LogP contribution in [0.15, 0.2) is 23.2 Å². The standard InChI is InChI=1S/C20H34N4O3/c1-20(10-7-11-27-20)14-23-19(21-2)22-13-16(24(3)4)15-8-9-17(25-5)18(12-15)26-6/h8-9,12,16H,7,10-11,13-14H2,1-6H3,(H2,21,22,23). The summed E-state index contributed by atoms with van der Waals surface area (Å²) in [5.41, 5.74) is 1.04. The molecule has 0 radical (unpaired) electrons. The molecule has 1 aliphatic heterocycles. The van der Waals surface area contributed by atoms with E-state index >= 15 is 0 Å². The topological polar surface area (TPSA) is 67.4 Å². The number of guanidine groups is 1. The van der Waals surface area contributed by atoms with Gasteiger partial charge in [-0.2, -0.15) is 0 Å². The Bertz CT molecular complexity index is 628. The van der Waals surface area contributed by atoms with E-state index in [1.165, 1.54) is 0 Å². The normalized spacial score (nSPS) is 21.2. The summed E-state index contributed by atoms with van der Waals surface area (Å²) < 4.78 is 16.6. The van der Waals surface area contributed by atoms with E-state index in [1.807, 2.05) is 12.1 Å². The van der Waals surface area contributed by atoms with Crippen molar-refractivity contribution in [3.8, 4) is 11.5 Å². The average molecular weight is 379 g/mol. The van der Waals surface area contributed by atoms with Gasteiger partial charge < -0.3 is 29.7 Å². The van der Waals surface area contributed by atoms with Gasteiger partial charge in [-0.05, 0) is 51.6 Å². The number of benzene rings is 1. The van der Waals surface area contributed by atoms with Gasteiger partial charge in [-0.1, -0.05) is 6.07 Å². The molecule has 0 spiro atoms. The molecule has 1 aromatic rings. The smallest absolute Gasteiger partial charge is 0.191 e. The SMILES string of the molecule is CN=C(NCC(c1ccc(OC)c(OC)c1)N(C)C)NCC1(C)CCCO1. The molecule has 2 atom stereocenters. The lowest BCUT2D eigenvalue weighted by molar-refractivity contribution is 0.0242. The van der Waals surface area contributed by atoms with Gasteiger partial charge in [-0.25, -0.2) is 0 Å². The van der Waals surface area contributed by atoms with Crippen LogP contribution in [0, 0.1) is 0 Å². The molecular weight excluding hydrogens is 344 g/mol. The molecule has 1 aliphatic rings. The molecule has 2 rings (SSSR count). The van der Waals surface area contributed by atoms with E-state index in [0.717, 1.165) is 49.0 Å². The zero-order valence-corrected chi connectivity index (χ0v) is 17.5. The van der Waals surface area contributed by atoms with Crippen LogP contribution in [0.5, 0.6) is 11.5 Å². The van der Waals surface area contributed by atoms with Crippen molar-refractivity contribution in [3.05, 3.63) is 23.8 Å². The van der Waals surface area contributed by atoms with Crippen LogP contribution in [-0.4, -0.2) is 71.5 Å². The Balaban J connectivity index is 2.00. The molecule has 27 heavy (non-hydrogen) atoms. The predicted molar refractivity (Wildman–Crippen MR) is 109 cm³/mol. The first-order valence-corrected chi connectivity index (χ1v) is 9.39. The lowest BCUT2D eigenvalue weighted by atomic mass is 10.0. The summed E-state index contributed by atoms with van der Waals surface area (Å²) in [5.74, 6) is 2.24. The molecule has 1 heterocycles. The van der Waals surface area contributed by atoms with Gasteiger partial charge in [0, 0.05) is 26.7 Å². The number of aliphatic imine (C=N–C) groups is 1. The lowest BCUT2D eigenvalue weighted by Crippen LogP contribution is -2.47. The molecule has 1 aromatic carbocycles. The van der Waals surface area contributed by atoms with Crippen LogP contribution >= 0.6 is 0 Å². The van der Waals surface area contributed by atoms with Crippen molar-refractivity contribution in [2.24, 2.45) is 4.99 Å². The van der Waals surface area contributed by atoms with Gasteiger partial charge >= 0.3 is 0 Å². The van der Waals surface area contributed by atoms with Crippen LogP contribution in [0.25, 0.3) is 0 Å². The van der Waals surface area contributed by atoms with E-state index in [2.05, 4.69) is 47.6 Å². The van der Waals surface area contributed by atoms with E-state index in [4.69, 9.17) is 14.2 Å². The molecule has 0 aromatic heterocycles. The second kappa shape index (κ2) is 9.80. The van der Waals surface area contributed by atoms with Crippen molar-refractivity contribution >= 4 is 5.96 Å². The van der Waals surface area contributed by atoms with Crippen molar-refractivity contribution in [1.82, 2.24) is 15.5 Å². The van der Waals surface area contributed by atoms with Gasteiger partial charge in [0.25, 0.3) is 0 Å². The number of ether oxygens (including phenoxy) is 3. The Morgan fingerprint density at radius 2 is 2.00 bits per heavy atom. The van der Waals surface area contributed by atoms with E-state index < -0.39 is 0 Å². The summed E-state index contributed by atoms with van der Waals surface area (Å²) >= 11 is 0. The van der Waals surface area contributed by atoms with E-state index in [0.29, 0.717) is 6.54 Å². The van der Waals surface area contributed by atoms with E-state index in [-0.39, 0.29) is 11.6 Å². The summed E-state index contributed by atoms with van der Waals surface area (Å²) in [5, 5.41) is 6.82. The van der Waals surface area contributed by atoms with Crippen molar-refractivity contribution < 1.29 is 14.2 Å². The quantitative estimate of drug-likeness (QED) is 0.533. The summed E-state index contributed by atoms with van der Waals surface area (Å²) in [7, 11) is 9.21. The van der Waals surface area contributed by atoms with Gasteiger partial charge in [0.15, 0.2) is 17.5 Å². The molecular formula is C20H34N4O3. The van der Waals surface area contributed by atoms with Gasteiger partial charge in [-0.15, -0.1) is 0 Å². The number of hydrogen-bond acceptors (Lipinski definition) is 5. The molecule has 152 valence electrons. The number of likely N-dealkylation sites (N-methyl/N-ethyl adjacent to an activating group) is 1. The molecule has 7 nitrogen and oxygen atoms in total. The number of nitrogens with zero attached hydrogens (tertiary/aromatic N) is 2. The van der Waals surface area contributed by atoms with Crippen LogP contribution < -0.4 is 20.1 Å². The second-order valence-electron chi connectivity index (χ2n) is 7.30. The first kappa shape index (κ1) is 21.3. The molecule has 0 bridgehead atoms. The molecule has 0 amide bonds. The number of methoxy groups -OCH3 is 2. The van der Waals surface area contributed by atoms with Crippen LogP contribution in [0.4, 0.5) is 0 Å². The van der Waals surface area contributed by atoms with Crippen LogP contribution in [0.3, 0.4) is 0 Å². The van der Waals surface area contributed by atoms with Crippen molar-refractivity contribution in [1.29, 1.82) is 0 Å². The third-order valence-electron chi connectivity index (χ3n) is 5.03. The maximum atomic E-state index is 5.84. The lowest BCUT2D eigenvalue weighted by Gasteiger charge is -2.28. The molecule has 1 saturated heterocycles. The highest BCUT2D eigenvalue weighted by molar-refractivity contribution is 5.79. The minimum absolute atomic E-state index is 0.109. The van der Waals surface area contributed by atoms with Crippen molar-refractivity contribution in [3.63, 3.8) is 0 Å². The number of hydrogen-bond donors (Lipinski definition) is 2. The van der Waals surface area contributed by atoms with Gasteiger partial charge in [0.1, 0.15) is 0 Å². The van der Waals surface area contributed by atoms with Gasteiger partial charge in [0.05, 0.1) is 25.9 Å². The minimum Gasteiger partial charge on any atom is -0.493 e. The maximum absolute atomic E-state index is 5.84. The molecule has 0 aliphatic carbocycles. The summed E-state index contributed by atoms with van der Waals surface area (Å²) in [6.45, 7) is 4.44. The fourth-order valence-corrected chi connectivity index (χ4v) is 3.32. The Hall–Kier alpha value is -1.99. The largest absolute Gasteiger partial charge is 0.493 e. The zero-order chi connectivity index (χ0) is 19.9. The third kappa shape index (κ3) is 5.74. The highest BCUT2D eigenvalue weighted by Gasteiger charge is 2.29. The Morgan fingerprint density at radius 3 is 2.56 bits per heavy atom. The summed E-state index contributed by atoms with van der Waals surface area (Å²) in [6, 6.07) is 6.18. The van der Waals surface area contributed by atoms with Crippen molar-refractivity contribution in [2.45, 2.75) is 31.4 Å². The predicted octanol–water partition coefficient (Wildman–Crippen LogP) is 2.04. The second-order valence-corrected chi connectivity index (χ2v) is 7.30. The first-order chi connectivity index (χ1) is 12.9. The highest BCUT2D eigenvalue weighted by atomic mass is 16.5. The highest BCUT2D eigenvalue weighted by Crippen LogP contribution is 2.31. The Morgan fingerprint density at radius 1 is 1.26 bits per heavy atom. The molecule has 1 fully saturated rings. The van der Waals surface area contributed by atoms with Crippen LogP contribution in [0.2, 0.25) is 0 Å². The van der Waals surface area contributed by atoms with Crippen LogP contribution in [0.1, 0.15) is 31.4 Å². The number of rotatable bonds is 8. The monoisotopic (exact) mass is 378 g/mol. The maximum Gasteiger partial charge on any atom is 0.191 e. The zero-order valence-electron chi connectivity index (χ0n) is 17.5. The summed E-state index contributed by atoms with van der Waals surface area (Å²) in [4.78, 5) is 6.51. The molecule has 2 unspecified atom stereocenters. The van der Waals surface area contributed by atoms with Crippen molar-refractivity contribution in [2.75, 3.05) is 55.1 Å². The van der Waals surface area contributed by atoms with Gasteiger partial charge in [-0.3, -0.25) is 4.99 Å². The fourth-order valence-electron chi connectivity index (χ4n) is 3.32. The van der Waals surface area contributed by atoms with E-state index in [1.54, 1.807) is 21.3 Å².